The van der Waals surface area contributed by atoms with Gasteiger partial charge in [0, 0.05) is 31.7 Å². The first-order chi connectivity index (χ1) is 13.3. The van der Waals surface area contributed by atoms with Crippen molar-refractivity contribution < 1.29 is 13.2 Å². The predicted molar refractivity (Wildman–Crippen MR) is 112 cm³/mol. The Bertz CT molecular complexity index is 775. The Balaban J connectivity index is 1.80. The van der Waals surface area contributed by atoms with Crippen molar-refractivity contribution in [3.63, 3.8) is 0 Å². The molecule has 1 aromatic rings. The lowest BCUT2D eigenvalue weighted by atomic mass is 9.94. The lowest BCUT2D eigenvalue weighted by Gasteiger charge is -2.34. The highest BCUT2D eigenvalue weighted by atomic mass is 32.2. The number of carbonyl (C=O) groups is 1. The van der Waals surface area contributed by atoms with Gasteiger partial charge in [0.25, 0.3) is 5.91 Å². The van der Waals surface area contributed by atoms with E-state index in [0.717, 1.165) is 32.1 Å². The van der Waals surface area contributed by atoms with Crippen molar-refractivity contribution in [2.75, 3.05) is 20.1 Å². The predicted octanol–water partition coefficient (Wildman–Crippen LogP) is 4.15. The molecule has 156 valence electrons. The number of nitrogens with zero attached hydrogens (tertiary/aromatic N) is 2. The van der Waals surface area contributed by atoms with Crippen molar-refractivity contribution in [2.24, 2.45) is 11.8 Å². The quantitative estimate of drug-likeness (QED) is 0.706. The Hall–Kier alpha value is -1.40. The minimum Gasteiger partial charge on any atom is -0.339 e. The van der Waals surface area contributed by atoms with E-state index in [-0.39, 0.29) is 16.8 Å². The summed E-state index contributed by atoms with van der Waals surface area (Å²) in [5.41, 5.74) is 0.464. The fraction of sp³-hybridized carbons (Fsp3) is 0.682. The first-order valence-electron chi connectivity index (χ1n) is 10.7. The second-order valence-electron chi connectivity index (χ2n) is 8.86. The highest BCUT2D eigenvalue weighted by molar-refractivity contribution is 7.89. The SMILES string of the molecule is C[C@@H]1C[C@H](C)CN(S(=O)(=O)c2cccc(C(=O)N(C)C3CCCCCC3)c2)C1. The zero-order valence-corrected chi connectivity index (χ0v) is 18.2. The van der Waals surface area contributed by atoms with Crippen LogP contribution in [-0.2, 0) is 10.0 Å². The second-order valence-corrected chi connectivity index (χ2v) is 10.8. The van der Waals surface area contributed by atoms with Crippen LogP contribution in [0, 0.1) is 11.8 Å². The first kappa shape index (κ1) is 21.3. The van der Waals surface area contributed by atoms with Crippen LogP contribution < -0.4 is 0 Å². The molecule has 1 heterocycles. The van der Waals surface area contributed by atoms with Gasteiger partial charge in [-0.25, -0.2) is 8.42 Å². The standard InChI is InChI=1S/C22H34N2O3S/c1-17-13-18(2)16-24(15-17)28(26,27)21-12-8-9-19(14-21)22(25)23(3)20-10-6-4-5-7-11-20/h8-9,12,14,17-18,20H,4-7,10-11,13,15-16H2,1-3H3/t17-,18+. The Morgan fingerprint density at radius 2 is 1.64 bits per heavy atom. The third kappa shape index (κ3) is 4.77. The fourth-order valence-corrected chi connectivity index (χ4v) is 6.48. The minimum atomic E-state index is -3.58. The normalized spacial score (nSPS) is 25.2. The van der Waals surface area contributed by atoms with Gasteiger partial charge >= 0.3 is 0 Å². The lowest BCUT2D eigenvalue weighted by Crippen LogP contribution is -2.42. The molecule has 28 heavy (non-hydrogen) atoms. The van der Waals surface area contributed by atoms with Crippen LogP contribution >= 0.6 is 0 Å². The largest absolute Gasteiger partial charge is 0.339 e. The zero-order chi connectivity index (χ0) is 20.3. The Kier molecular flexibility index (Phi) is 6.81. The van der Waals surface area contributed by atoms with Gasteiger partial charge in [-0.3, -0.25) is 4.79 Å². The van der Waals surface area contributed by atoms with E-state index in [1.165, 1.54) is 12.8 Å². The van der Waals surface area contributed by atoms with Crippen LogP contribution in [0.3, 0.4) is 0 Å². The molecule has 0 spiro atoms. The Morgan fingerprint density at radius 3 is 2.25 bits per heavy atom. The molecule has 0 bridgehead atoms. The number of rotatable bonds is 4. The van der Waals surface area contributed by atoms with Crippen LogP contribution in [0.15, 0.2) is 29.2 Å². The molecule has 1 amide bonds. The van der Waals surface area contributed by atoms with E-state index in [1.807, 2.05) is 11.9 Å². The van der Waals surface area contributed by atoms with Crippen LogP contribution in [0.5, 0.6) is 0 Å². The van der Waals surface area contributed by atoms with Crippen LogP contribution in [0.25, 0.3) is 0 Å². The van der Waals surface area contributed by atoms with Crippen LogP contribution in [0.4, 0.5) is 0 Å². The number of piperidine rings is 1. The zero-order valence-electron chi connectivity index (χ0n) is 17.4. The molecule has 0 unspecified atom stereocenters. The van der Waals surface area contributed by atoms with Gasteiger partial charge in [0.1, 0.15) is 0 Å². The number of carbonyl (C=O) groups excluding carboxylic acids is 1. The second kappa shape index (κ2) is 8.95. The topological polar surface area (TPSA) is 57.7 Å². The third-order valence-electron chi connectivity index (χ3n) is 6.25. The third-order valence-corrected chi connectivity index (χ3v) is 8.07. The number of benzene rings is 1. The van der Waals surface area contributed by atoms with Gasteiger partial charge in [0.15, 0.2) is 0 Å². The van der Waals surface area contributed by atoms with Gasteiger partial charge in [-0.15, -0.1) is 0 Å². The number of sulfonamides is 1. The van der Waals surface area contributed by atoms with Crippen LogP contribution in [0.2, 0.25) is 0 Å². The molecule has 2 aliphatic rings. The summed E-state index contributed by atoms with van der Waals surface area (Å²) in [6, 6.07) is 6.85. The summed E-state index contributed by atoms with van der Waals surface area (Å²) < 4.78 is 27.9. The van der Waals surface area contributed by atoms with Gasteiger partial charge < -0.3 is 4.90 Å². The molecule has 2 atom stereocenters. The maximum atomic E-state index is 13.2. The summed E-state index contributed by atoms with van der Waals surface area (Å²) in [4.78, 5) is 15.1. The smallest absolute Gasteiger partial charge is 0.253 e. The van der Waals surface area contributed by atoms with Crippen LogP contribution in [0.1, 0.15) is 69.2 Å². The summed E-state index contributed by atoms with van der Waals surface area (Å²) in [6.07, 6.45) is 7.90. The maximum absolute atomic E-state index is 13.2. The van der Waals surface area contributed by atoms with E-state index in [0.29, 0.717) is 30.5 Å². The average molecular weight is 407 g/mol. The number of hydrogen-bond donors (Lipinski definition) is 0. The van der Waals surface area contributed by atoms with Gasteiger partial charge in [-0.1, -0.05) is 45.6 Å². The van der Waals surface area contributed by atoms with E-state index in [1.54, 1.807) is 28.6 Å². The lowest BCUT2D eigenvalue weighted by molar-refractivity contribution is 0.0717. The van der Waals surface area contributed by atoms with Crippen molar-refractivity contribution in [1.82, 2.24) is 9.21 Å². The summed E-state index contributed by atoms with van der Waals surface area (Å²) in [5, 5.41) is 0. The first-order valence-corrected chi connectivity index (χ1v) is 12.1. The molecular weight excluding hydrogens is 372 g/mol. The van der Waals surface area contributed by atoms with Gasteiger partial charge in [-0.2, -0.15) is 4.31 Å². The van der Waals surface area contributed by atoms with E-state index in [9.17, 15) is 13.2 Å². The van der Waals surface area contributed by atoms with E-state index in [2.05, 4.69) is 13.8 Å². The Morgan fingerprint density at radius 1 is 1.04 bits per heavy atom. The van der Waals surface area contributed by atoms with E-state index >= 15 is 0 Å². The van der Waals surface area contributed by atoms with Crippen molar-refractivity contribution in [3.8, 4) is 0 Å². The summed E-state index contributed by atoms with van der Waals surface area (Å²) in [5.74, 6) is 0.624. The van der Waals surface area contributed by atoms with E-state index in [4.69, 9.17) is 0 Å². The summed E-state index contributed by atoms with van der Waals surface area (Å²) in [7, 11) is -1.72. The summed E-state index contributed by atoms with van der Waals surface area (Å²) in [6.45, 7) is 5.29. The molecule has 1 saturated carbocycles. The molecule has 0 N–H and O–H groups in total. The Labute approximate surface area is 170 Å². The molecule has 5 nitrogen and oxygen atoms in total. The fourth-order valence-electron chi connectivity index (χ4n) is 4.76. The highest BCUT2D eigenvalue weighted by Gasteiger charge is 2.32. The van der Waals surface area contributed by atoms with Gasteiger partial charge in [-0.05, 0) is 49.3 Å². The molecular formula is C22H34N2O3S. The molecule has 3 rings (SSSR count). The van der Waals surface area contributed by atoms with Crippen LogP contribution in [-0.4, -0.2) is 49.7 Å². The average Bonchev–Trinajstić information content (AvgIpc) is 2.95. The van der Waals surface area contributed by atoms with Gasteiger partial charge in [0.2, 0.25) is 10.0 Å². The number of hydrogen-bond acceptors (Lipinski definition) is 3. The molecule has 2 fully saturated rings. The highest BCUT2D eigenvalue weighted by Crippen LogP contribution is 2.28. The molecule has 1 aromatic carbocycles. The van der Waals surface area contributed by atoms with Crippen molar-refractivity contribution in [1.29, 1.82) is 0 Å². The number of amides is 1. The van der Waals surface area contributed by atoms with E-state index < -0.39 is 10.0 Å². The molecule has 1 aliphatic heterocycles. The molecule has 1 aliphatic carbocycles. The molecule has 1 saturated heterocycles. The van der Waals surface area contributed by atoms with Crippen molar-refractivity contribution in [3.05, 3.63) is 29.8 Å². The van der Waals surface area contributed by atoms with Crippen molar-refractivity contribution in [2.45, 2.75) is 69.7 Å². The minimum absolute atomic E-state index is 0.0793. The molecule has 0 radical (unpaired) electrons. The summed E-state index contributed by atoms with van der Waals surface area (Å²) >= 11 is 0. The van der Waals surface area contributed by atoms with Gasteiger partial charge in [0.05, 0.1) is 4.90 Å². The molecule has 6 heteroatoms. The monoisotopic (exact) mass is 406 g/mol. The van der Waals surface area contributed by atoms with Crippen molar-refractivity contribution >= 4 is 15.9 Å². The maximum Gasteiger partial charge on any atom is 0.253 e. The molecule has 0 aromatic heterocycles.